The maximum absolute atomic E-state index is 12.6. The van der Waals surface area contributed by atoms with Crippen LogP contribution in [0.5, 0.6) is 0 Å². The molecule has 2 N–H and O–H groups in total. The molecule has 2 aromatic rings. The number of nitrogens with zero attached hydrogens (tertiary/aromatic N) is 2. The molecule has 0 aliphatic carbocycles. The standard InChI is InChI=1S/C13H14F3N3/c1-8-7-9(13(14,15)16)3-4-10(8)12(17)11-5-6-18-19(11)2/h3-7,12H,17H2,1-2H3. The molecule has 1 heterocycles. The molecule has 0 spiro atoms. The fraction of sp³-hybridized carbons (Fsp3) is 0.308. The van der Waals surface area contributed by atoms with Crippen LogP contribution in [0.3, 0.4) is 0 Å². The highest BCUT2D eigenvalue weighted by atomic mass is 19.4. The van der Waals surface area contributed by atoms with E-state index < -0.39 is 17.8 Å². The number of nitrogens with two attached hydrogens (primary N) is 1. The van der Waals surface area contributed by atoms with Crippen LogP contribution in [0.4, 0.5) is 13.2 Å². The van der Waals surface area contributed by atoms with Crippen molar-refractivity contribution in [3.05, 3.63) is 52.8 Å². The predicted molar refractivity (Wildman–Crippen MR) is 65.4 cm³/mol. The van der Waals surface area contributed by atoms with E-state index in [-0.39, 0.29) is 0 Å². The average molecular weight is 269 g/mol. The Hall–Kier alpha value is -1.82. The Kier molecular flexibility index (Phi) is 3.36. The third kappa shape index (κ3) is 2.63. The normalized spacial score (nSPS) is 13.6. The van der Waals surface area contributed by atoms with Crippen LogP contribution in [0, 0.1) is 6.92 Å². The Morgan fingerprint density at radius 3 is 2.42 bits per heavy atom. The minimum Gasteiger partial charge on any atom is -0.319 e. The number of halogens is 3. The zero-order valence-corrected chi connectivity index (χ0v) is 10.6. The molecule has 1 aromatic carbocycles. The molecular weight excluding hydrogens is 255 g/mol. The van der Waals surface area contributed by atoms with E-state index >= 15 is 0 Å². The predicted octanol–water partition coefficient (Wildman–Crippen LogP) is 2.80. The second-order valence-electron chi connectivity index (χ2n) is 4.43. The van der Waals surface area contributed by atoms with Gasteiger partial charge in [0, 0.05) is 13.2 Å². The second-order valence-corrected chi connectivity index (χ2v) is 4.43. The lowest BCUT2D eigenvalue weighted by molar-refractivity contribution is -0.137. The summed E-state index contributed by atoms with van der Waals surface area (Å²) in [5.74, 6) is 0. The second kappa shape index (κ2) is 4.70. The molecule has 0 aliphatic rings. The molecule has 19 heavy (non-hydrogen) atoms. The molecule has 3 nitrogen and oxygen atoms in total. The summed E-state index contributed by atoms with van der Waals surface area (Å²) in [6, 6.07) is 4.86. The molecule has 0 bridgehead atoms. The van der Waals surface area contributed by atoms with Crippen LogP contribution in [-0.4, -0.2) is 9.78 Å². The smallest absolute Gasteiger partial charge is 0.319 e. The van der Waals surface area contributed by atoms with Gasteiger partial charge in [0.05, 0.1) is 17.3 Å². The van der Waals surface area contributed by atoms with Crippen molar-refractivity contribution >= 4 is 0 Å². The SMILES string of the molecule is Cc1cc(C(F)(F)F)ccc1C(N)c1ccnn1C. The lowest BCUT2D eigenvalue weighted by Crippen LogP contribution is -2.17. The van der Waals surface area contributed by atoms with Gasteiger partial charge in [-0.3, -0.25) is 4.68 Å². The minimum atomic E-state index is -4.33. The van der Waals surface area contributed by atoms with Crippen molar-refractivity contribution in [3.8, 4) is 0 Å². The molecule has 2 rings (SSSR count). The van der Waals surface area contributed by atoms with Crippen molar-refractivity contribution in [1.29, 1.82) is 0 Å². The quantitative estimate of drug-likeness (QED) is 0.911. The van der Waals surface area contributed by atoms with Gasteiger partial charge in [0.25, 0.3) is 0 Å². The highest BCUT2D eigenvalue weighted by Gasteiger charge is 2.31. The fourth-order valence-corrected chi connectivity index (χ4v) is 2.05. The number of aryl methyl sites for hydroxylation is 2. The van der Waals surface area contributed by atoms with Crippen molar-refractivity contribution in [2.45, 2.75) is 19.1 Å². The molecule has 102 valence electrons. The number of hydrogen-bond donors (Lipinski definition) is 1. The number of benzene rings is 1. The summed E-state index contributed by atoms with van der Waals surface area (Å²) in [4.78, 5) is 0. The van der Waals surface area contributed by atoms with Crippen molar-refractivity contribution in [2.24, 2.45) is 12.8 Å². The Morgan fingerprint density at radius 1 is 1.26 bits per heavy atom. The van der Waals surface area contributed by atoms with E-state index in [1.165, 1.54) is 6.07 Å². The molecule has 0 fully saturated rings. The first-order chi connectivity index (χ1) is 8.80. The van der Waals surface area contributed by atoms with Gasteiger partial charge in [-0.2, -0.15) is 18.3 Å². The fourth-order valence-electron chi connectivity index (χ4n) is 2.05. The summed E-state index contributed by atoms with van der Waals surface area (Å²) < 4.78 is 39.4. The molecule has 0 saturated carbocycles. The van der Waals surface area contributed by atoms with Crippen LogP contribution >= 0.6 is 0 Å². The van der Waals surface area contributed by atoms with Gasteiger partial charge < -0.3 is 5.73 Å². The van der Waals surface area contributed by atoms with Gasteiger partial charge in [0.1, 0.15) is 0 Å². The third-order valence-electron chi connectivity index (χ3n) is 3.11. The Morgan fingerprint density at radius 2 is 1.95 bits per heavy atom. The summed E-state index contributed by atoms with van der Waals surface area (Å²) in [6.07, 6.45) is -2.73. The van der Waals surface area contributed by atoms with Crippen LogP contribution in [0.15, 0.2) is 30.5 Å². The van der Waals surface area contributed by atoms with Crippen molar-refractivity contribution in [1.82, 2.24) is 9.78 Å². The zero-order chi connectivity index (χ0) is 14.2. The van der Waals surface area contributed by atoms with Crippen LogP contribution in [0.1, 0.15) is 28.4 Å². The number of alkyl halides is 3. The summed E-state index contributed by atoms with van der Waals surface area (Å²) in [7, 11) is 1.74. The molecule has 1 unspecified atom stereocenters. The van der Waals surface area contributed by atoms with Crippen molar-refractivity contribution in [2.75, 3.05) is 0 Å². The van der Waals surface area contributed by atoms with Gasteiger partial charge >= 0.3 is 6.18 Å². The van der Waals surface area contributed by atoms with Crippen LogP contribution < -0.4 is 5.73 Å². The largest absolute Gasteiger partial charge is 0.416 e. The molecule has 0 amide bonds. The first-order valence-corrected chi connectivity index (χ1v) is 5.72. The first kappa shape index (κ1) is 13.6. The van der Waals surface area contributed by atoms with Crippen LogP contribution in [-0.2, 0) is 13.2 Å². The van der Waals surface area contributed by atoms with E-state index in [9.17, 15) is 13.2 Å². The van der Waals surface area contributed by atoms with E-state index in [2.05, 4.69) is 5.10 Å². The summed E-state index contributed by atoms with van der Waals surface area (Å²) in [5.41, 5.74) is 7.35. The summed E-state index contributed by atoms with van der Waals surface area (Å²) >= 11 is 0. The maximum Gasteiger partial charge on any atom is 0.416 e. The van der Waals surface area contributed by atoms with E-state index in [1.54, 1.807) is 30.9 Å². The Bertz CT molecular complexity index is 587. The Balaban J connectivity index is 2.39. The summed E-state index contributed by atoms with van der Waals surface area (Å²) in [6.45, 7) is 1.63. The number of hydrogen-bond acceptors (Lipinski definition) is 2. The van der Waals surface area contributed by atoms with Crippen LogP contribution in [0.2, 0.25) is 0 Å². The zero-order valence-electron chi connectivity index (χ0n) is 10.6. The Labute approximate surface area is 108 Å². The summed E-state index contributed by atoms with van der Waals surface area (Å²) in [5, 5.41) is 4.01. The van der Waals surface area contributed by atoms with Gasteiger partial charge in [-0.15, -0.1) is 0 Å². The average Bonchev–Trinajstić information content (AvgIpc) is 2.73. The topological polar surface area (TPSA) is 43.8 Å². The first-order valence-electron chi connectivity index (χ1n) is 5.72. The van der Waals surface area contributed by atoms with Gasteiger partial charge in [-0.1, -0.05) is 6.07 Å². The minimum absolute atomic E-state index is 0.491. The van der Waals surface area contributed by atoms with Gasteiger partial charge in [0.15, 0.2) is 0 Å². The molecule has 6 heteroatoms. The monoisotopic (exact) mass is 269 g/mol. The van der Waals surface area contributed by atoms with Crippen molar-refractivity contribution < 1.29 is 13.2 Å². The number of aromatic nitrogens is 2. The van der Waals surface area contributed by atoms with Gasteiger partial charge in [-0.25, -0.2) is 0 Å². The molecule has 1 atom stereocenters. The van der Waals surface area contributed by atoms with Gasteiger partial charge in [0.2, 0.25) is 0 Å². The van der Waals surface area contributed by atoms with Crippen LogP contribution in [0.25, 0.3) is 0 Å². The molecule has 1 aromatic heterocycles. The third-order valence-corrected chi connectivity index (χ3v) is 3.11. The van der Waals surface area contributed by atoms with E-state index in [4.69, 9.17) is 5.73 Å². The van der Waals surface area contributed by atoms with E-state index in [0.29, 0.717) is 11.1 Å². The van der Waals surface area contributed by atoms with Gasteiger partial charge in [-0.05, 0) is 36.2 Å². The van der Waals surface area contributed by atoms with E-state index in [1.807, 2.05) is 0 Å². The van der Waals surface area contributed by atoms with Crippen molar-refractivity contribution in [3.63, 3.8) is 0 Å². The molecule has 0 aliphatic heterocycles. The number of rotatable bonds is 2. The molecular formula is C13H14F3N3. The molecule has 0 saturated heterocycles. The highest BCUT2D eigenvalue weighted by molar-refractivity contribution is 5.37. The van der Waals surface area contributed by atoms with E-state index in [0.717, 1.165) is 17.8 Å². The highest BCUT2D eigenvalue weighted by Crippen LogP contribution is 2.32. The lowest BCUT2D eigenvalue weighted by atomic mass is 9.97. The lowest BCUT2D eigenvalue weighted by Gasteiger charge is -2.17. The maximum atomic E-state index is 12.6. The molecule has 0 radical (unpaired) electrons.